The van der Waals surface area contributed by atoms with Gasteiger partial charge in [0.1, 0.15) is 5.75 Å². The predicted octanol–water partition coefficient (Wildman–Crippen LogP) is 4.89. The second-order valence-electron chi connectivity index (χ2n) is 4.66. The van der Waals surface area contributed by atoms with Gasteiger partial charge in [-0.1, -0.05) is 59.7 Å². The minimum absolute atomic E-state index is 0.0706. The molecule has 0 spiro atoms. The van der Waals surface area contributed by atoms with Crippen molar-refractivity contribution in [2.75, 3.05) is 0 Å². The van der Waals surface area contributed by atoms with Gasteiger partial charge in [-0.15, -0.1) is 0 Å². The summed E-state index contributed by atoms with van der Waals surface area (Å²) >= 11 is 5.83. The van der Waals surface area contributed by atoms with E-state index in [0.717, 1.165) is 11.1 Å². The largest absolute Gasteiger partial charge is 0.507 e. The van der Waals surface area contributed by atoms with Crippen LogP contribution in [0.15, 0.2) is 66.3 Å². The van der Waals surface area contributed by atoms with E-state index in [1.54, 1.807) is 6.08 Å². The van der Waals surface area contributed by atoms with Gasteiger partial charge in [-0.3, -0.25) is 4.79 Å². The van der Waals surface area contributed by atoms with E-state index in [1.807, 2.05) is 43.3 Å². The second kappa shape index (κ2) is 6.91. The van der Waals surface area contributed by atoms with Crippen LogP contribution < -0.4 is 0 Å². The highest BCUT2D eigenvalue weighted by molar-refractivity contribution is 6.31. The molecule has 3 heteroatoms. The maximum absolute atomic E-state index is 12.0. The Labute approximate surface area is 129 Å². The Bertz CT molecular complexity index is 700. The monoisotopic (exact) mass is 298 g/mol. The van der Waals surface area contributed by atoms with E-state index in [0.29, 0.717) is 5.02 Å². The maximum Gasteiger partial charge on any atom is 0.189 e. The topological polar surface area (TPSA) is 37.3 Å². The molecule has 0 saturated heterocycles. The molecule has 0 saturated carbocycles. The van der Waals surface area contributed by atoms with Gasteiger partial charge in [0.15, 0.2) is 5.78 Å². The van der Waals surface area contributed by atoms with Gasteiger partial charge < -0.3 is 5.11 Å². The number of hydrogen-bond acceptors (Lipinski definition) is 2. The molecule has 0 aliphatic carbocycles. The van der Waals surface area contributed by atoms with Crippen molar-refractivity contribution in [2.24, 2.45) is 0 Å². The molecule has 0 atom stereocenters. The third-order valence-electron chi connectivity index (χ3n) is 2.92. The van der Waals surface area contributed by atoms with Gasteiger partial charge in [-0.2, -0.15) is 0 Å². The summed E-state index contributed by atoms with van der Waals surface area (Å²) in [6, 6.07) is 14.3. The molecule has 106 valence electrons. The third-order valence-corrected chi connectivity index (χ3v) is 3.15. The Hall–Kier alpha value is -2.32. The van der Waals surface area contributed by atoms with Crippen molar-refractivity contribution in [3.63, 3.8) is 0 Å². The smallest absolute Gasteiger partial charge is 0.189 e. The average Bonchev–Trinajstić information content (AvgIpc) is 2.48. The average molecular weight is 299 g/mol. The van der Waals surface area contributed by atoms with Crippen LogP contribution in [0, 0.1) is 0 Å². The number of benzene rings is 2. The van der Waals surface area contributed by atoms with Crippen molar-refractivity contribution in [3.8, 4) is 5.75 Å². The number of carbonyl (C=O) groups excluding carboxylic acids is 1. The lowest BCUT2D eigenvalue weighted by Crippen LogP contribution is -1.95. The molecule has 1 N–H and O–H groups in total. The quantitative estimate of drug-likeness (QED) is 0.496. The van der Waals surface area contributed by atoms with Gasteiger partial charge in [0.25, 0.3) is 0 Å². The summed E-state index contributed by atoms with van der Waals surface area (Å²) < 4.78 is 0. The molecular weight excluding hydrogens is 284 g/mol. The lowest BCUT2D eigenvalue weighted by Gasteiger charge is -2.01. The van der Waals surface area contributed by atoms with Gasteiger partial charge in [-0.25, -0.2) is 0 Å². The highest BCUT2D eigenvalue weighted by Gasteiger charge is 2.08. The Morgan fingerprint density at radius 2 is 1.81 bits per heavy atom. The molecule has 0 bridgehead atoms. The van der Waals surface area contributed by atoms with Gasteiger partial charge in [0.2, 0.25) is 0 Å². The lowest BCUT2D eigenvalue weighted by atomic mass is 10.1. The van der Waals surface area contributed by atoms with Crippen LogP contribution >= 0.6 is 11.6 Å². The number of ketones is 1. The van der Waals surface area contributed by atoms with Crippen molar-refractivity contribution >= 4 is 23.5 Å². The first-order chi connectivity index (χ1) is 10.1. The summed E-state index contributed by atoms with van der Waals surface area (Å²) in [5.74, 6) is -0.352. The fraction of sp³-hybridized carbons (Fsp3) is 0.0556. The first-order valence-electron chi connectivity index (χ1n) is 6.50. The molecule has 2 aromatic carbocycles. The van der Waals surface area contributed by atoms with Gasteiger partial charge >= 0.3 is 0 Å². The van der Waals surface area contributed by atoms with E-state index < -0.39 is 0 Å². The van der Waals surface area contributed by atoms with Crippen LogP contribution in [-0.2, 0) is 0 Å². The van der Waals surface area contributed by atoms with E-state index in [9.17, 15) is 9.90 Å². The van der Waals surface area contributed by atoms with Crippen molar-refractivity contribution in [1.82, 2.24) is 0 Å². The SMILES string of the molecule is CC(/C=C/C(=O)c1cc(Cl)ccc1O)=C\c1ccccc1. The molecule has 0 heterocycles. The molecule has 2 rings (SSSR count). The first kappa shape index (κ1) is 15.1. The summed E-state index contributed by atoms with van der Waals surface area (Å²) in [7, 11) is 0. The highest BCUT2D eigenvalue weighted by atomic mass is 35.5. The number of hydrogen-bond donors (Lipinski definition) is 1. The number of phenolic OH excluding ortho intramolecular Hbond substituents is 1. The predicted molar refractivity (Wildman–Crippen MR) is 86.7 cm³/mol. The number of aromatic hydroxyl groups is 1. The van der Waals surface area contributed by atoms with Gasteiger partial charge in [0.05, 0.1) is 5.56 Å². The van der Waals surface area contributed by atoms with Gasteiger partial charge in [0, 0.05) is 5.02 Å². The minimum atomic E-state index is -0.282. The van der Waals surface area contributed by atoms with E-state index in [4.69, 9.17) is 11.6 Å². The van der Waals surface area contributed by atoms with E-state index >= 15 is 0 Å². The molecule has 0 aromatic heterocycles. The Morgan fingerprint density at radius 1 is 1.10 bits per heavy atom. The molecule has 0 aliphatic heterocycles. The summed E-state index contributed by atoms with van der Waals surface area (Å²) in [4.78, 5) is 12.0. The maximum atomic E-state index is 12.0. The first-order valence-corrected chi connectivity index (χ1v) is 6.88. The third kappa shape index (κ3) is 4.33. The standard InChI is InChI=1S/C18H15ClO2/c1-13(11-14-5-3-2-4-6-14)7-9-17(20)16-12-15(19)8-10-18(16)21/h2-12,21H,1H3/b9-7+,13-11+. The van der Waals surface area contributed by atoms with Crippen LogP contribution in [0.5, 0.6) is 5.75 Å². The Balaban J connectivity index is 2.15. The number of carbonyl (C=O) groups is 1. The molecule has 0 aliphatic rings. The van der Waals surface area contributed by atoms with E-state index in [1.165, 1.54) is 24.3 Å². The molecule has 2 nitrogen and oxygen atoms in total. The van der Waals surface area contributed by atoms with Crippen LogP contribution in [0.3, 0.4) is 0 Å². The van der Waals surface area contributed by atoms with E-state index in [-0.39, 0.29) is 17.1 Å². The number of rotatable bonds is 4. The number of halogens is 1. The van der Waals surface area contributed by atoms with Crippen LogP contribution in [-0.4, -0.2) is 10.9 Å². The van der Waals surface area contributed by atoms with Crippen molar-refractivity contribution in [3.05, 3.63) is 82.4 Å². The Kier molecular flexibility index (Phi) is 4.96. The van der Waals surface area contributed by atoms with Crippen molar-refractivity contribution in [2.45, 2.75) is 6.92 Å². The summed E-state index contributed by atoms with van der Waals surface area (Å²) in [5.41, 5.74) is 2.21. The van der Waals surface area contributed by atoms with Crippen molar-refractivity contribution < 1.29 is 9.90 Å². The fourth-order valence-electron chi connectivity index (χ4n) is 1.86. The Morgan fingerprint density at radius 3 is 2.52 bits per heavy atom. The highest BCUT2D eigenvalue weighted by Crippen LogP contribution is 2.22. The summed E-state index contributed by atoms with van der Waals surface area (Å²) in [5, 5.41) is 10.1. The van der Waals surface area contributed by atoms with E-state index in [2.05, 4.69) is 0 Å². The molecule has 21 heavy (non-hydrogen) atoms. The summed E-state index contributed by atoms with van der Waals surface area (Å²) in [6.45, 7) is 1.91. The molecular formula is C18H15ClO2. The molecule has 0 unspecified atom stereocenters. The zero-order valence-corrected chi connectivity index (χ0v) is 12.3. The molecule has 2 aromatic rings. The van der Waals surface area contributed by atoms with Crippen LogP contribution in [0.2, 0.25) is 5.02 Å². The molecule has 0 radical (unpaired) electrons. The molecule has 0 amide bonds. The minimum Gasteiger partial charge on any atom is -0.507 e. The van der Waals surface area contributed by atoms with Crippen LogP contribution in [0.1, 0.15) is 22.8 Å². The molecule has 0 fully saturated rings. The van der Waals surface area contributed by atoms with Crippen molar-refractivity contribution in [1.29, 1.82) is 0 Å². The zero-order chi connectivity index (χ0) is 15.2. The summed E-state index contributed by atoms with van der Waals surface area (Å²) in [6.07, 6.45) is 5.12. The lowest BCUT2D eigenvalue weighted by molar-refractivity contribution is 0.104. The van der Waals surface area contributed by atoms with Crippen LogP contribution in [0.4, 0.5) is 0 Å². The number of phenols is 1. The number of allylic oxidation sites excluding steroid dienone is 3. The van der Waals surface area contributed by atoms with Crippen LogP contribution in [0.25, 0.3) is 6.08 Å². The normalized spacial score (nSPS) is 11.8. The zero-order valence-electron chi connectivity index (χ0n) is 11.6. The fourth-order valence-corrected chi connectivity index (χ4v) is 2.03. The second-order valence-corrected chi connectivity index (χ2v) is 5.09. The van der Waals surface area contributed by atoms with Gasteiger partial charge in [-0.05, 0) is 36.8 Å².